The van der Waals surface area contributed by atoms with Gasteiger partial charge in [-0.05, 0) is 31.2 Å². The predicted molar refractivity (Wildman–Crippen MR) is 61.9 cm³/mol. The van der Waals surface area contributed by atoms with Crippen LogP contribution in [-0.2, 0) is 6.42 Å². The second-order valence-corrected chi connectivity index (χ2v) is 3.78. The molecule has 0 radical (unpaired) electrons. The molecule has 2 rings (SSSR count). The number of carbonyl (C=O) groups excluding carboxylic acids is 1. The van der Waals surface area contributed by atoms with Crippen molar-refractivity contribution in [1.29, 1.82) is 0 Å². The Bertz CT molecular complexity index is 391. The fourth-order valence-electron chi connectivity index (χ4n) is 1.75. The van der Waals surface area contributed by atoms with Gasteiger partial charge in [0.05, 0.1) is 0 Å². The molecule has 0 bridgehead atoms. The second kappa shape index (κ2) is 4.99. The highest BCUT2D eigenvalue weighted by Crippen LogP contribution is 2.20. The molecule has 1 heterocycles. The van der Waals surface area contributed by atoms with E-state index in [0.717, 1.165) is 36.4 Å². The molecule has 1 aromatic rings. The lowest BCUT2D eigenvalue weighted by atomic mass is 10.0. The zero-order valence-corrected chi connectivity index (χ0v) is 9.38. The van der Waals surface area contributed by atoms with Crippen LogP contribution in [0.25, 0.3) is 0 Å². The molecule has 0 spiro atoms. The summed E-state index contributed by atoms with van der Waals surface area (Å²) in [5.74, 6) is 0.756. The lowest BCUT2D eigenvalue weighted by Crippen LogP contribution is -2.31. The number of hydrogen-bond donors (Lipinski definition) is 2. The molecule has 16 heavy (non-hydrogen) atoms. The van der Waals surface area contributed by atoms with Crippen molar-refractivity contribution in [1.82, 2.24) is 10.6 Å². The van der Waals surface area contributed by atoms with E-state index in [1.54, 1.807) is 0 Å². The number of likely N-dealkylation sites (N-methyl/N-ethyl adjacent to an activating group) is 1. The average Bonchev–Trinajstić information content (AvgIpc) is 2.30. The first-order chi connectivity index (χ1) is 7.81. The van der Waals surface area contributed by atoms with Gasteiger partial charge in [0.15, 0.2) is 0 Å². The van der Waals surface area contributed by atoms with Crippen molar-refractivity contribution in [3.05, 3.63) is 29.3 Å². The first kappa shape index (κ1) is 11.0. The van der Waals surface area contributed by atoms with E-state index >= 15 is 0 Å². The van der Waals surface area contributed by atoms with Crippen molar-refractivity contribution in [3.8, 4) is 5.75 Å². The topological polar surface area (TPSA) is 50.4 Å². The molecule has 1 aliphatic rings. The van der Waals surface area contributed by atoms with Crippen molar-refractivity contribution in [2.45, 2.75) is 6.42 Å². The maximum atomic E-state index is 11.6. The van der Waals surface area contributed by atoms with Crippen LogP contribution in [0.4, 0.5) is 0 Å². The Kier molecular flexibility index (Phi) is 3.41. The predicted octanol–water partition coefficient (Wildman–Crippen LogP) is 0.571. The summed E-state index contributed by atoms with van der Waals surface area (Å²) in [6.07, 6.45) is 0.901. The minimum Gasteiger partial charge on any atom is -0.492 e. The fraction of sp³-hybridized carbons (Fsp3) is 0.417. The van der Waals surface area contributed by atoms with Gasteiger partial charge in [0.2, 0.25) is 0 Å². The van der Waals surface area contributed by atoms with E-state index in [0.29, 0.717) is 6.61 Å². The first-order valence-corrected chi connectivity index (χ1v) is 5.50. The number of amides is 1. The molecule has 0 aromatic heterocycles. The van der Waals surface area contributed by atoms with Crippen LogP contribution in [0, 0.1) is 0 Å². The van der Waals surface area contributed by atoms with Crippen molar-refractivity contribution in [2.75, 3.05) is 26.7 Å². The normalized spacial score (nSPS) is 14.2. The Hall–Kier alpha value is -1.55. The van der Waals surface area contributed by atoms with E-state index in [-0.39, 0.29) is 5.91 Å². The van der Waals surface area contributed by atoms with Gasteiger partial charge in [-0.3, -0.25) is 4.79 Å². The van der Waals surface area contributed by atoms with Crippen LogP contribution in [-0.4, -0.2) is 32.7 Å². The number of hydrogen-bond acceptors (Lipinski definition) is 3. The van der Waals surface area contributed by atoms with Gasteiger partial charge in [-0.25, -0.2) is 0 Å². The summed E-state index contributed by atoms with van der Waals surface area (Å²) in [6, 6.07) is 5.72. The van der Waals surface area contributed by atoms with E-state index in [4.69, 9.17) is 4.74 Å². The first-order valence-electron chi connectivity index (χ1n) is 5.50. The summed E-state index contributed by atoms with van der Waals surface area (Å²) in [4.78, 5) is 11.6. The molecule has 0 saturated carbocycles. The Morgan fingerprint density at radius 1 is 1.50 bits per heavy atom. The molecule has 1 aliphatic heterocycles. The number of nitrogens with one attached hydrogen (secondary N) is 2. The summed E-state index contributed by atoms with van der Waals surface area (Å²) in [5, 5.41) is 5.83. The van der Waals surface area contributed by atoms with E-state index in [9.17, 15) is 4.79 Å². The number of benzene rings is 1. The standard InChI is InChI=1S/C12H16N2O2/c1-13-6-7-16-10-3-2-9-4-5-14-12(15)11(9)8-10/h2-3,8,13H,4-7H2,1H3,(H,14,15). The third kappa shape index (κ3) is 2.33. The van der Waals surface area contributed by atoms with Crippen LogP contribution in [0.15, 0.2) is 18.2 Å². The number of fused-ring (bicyclic) bond motifs is 1. The molecule has 0 unspecified atom stereocenters. The average molecular weight is 220 g/mol. The Balaban J connectivity index is 2.11. The molecular formula is C12H16N2O2. The summed E-state index contributed by atoms with van der Waals surface area (Å²) in [5.41, 5.74) is 1.85. The lowest BCUT2D eigenvalue weighted by molar-refractivity contribution is 0.0945. The third-order valence-corrected chi connectivity index (χ3v) is 2.63. The summed E-state index contributed by atoms with van der Waals surface area (Å²) in [6.45, 7) is 2.13. The highest BCUT2D eigenvalue weighted by molar-refractivity contribution is 5.97. The summed E-state index contributed by atoms with van der Waals surface area (Å²) in [7, 11) is 1.88. The van der Waals surface area contributed by atoms with Crippen molar-refractivity contribution >= 4 is 5.91 Å². The number of carbonyl (C=O) groups is 1. The third-order valence-electron chi connectivity index (χ3n) is 2.63. The van der Waals surface area contributed by atoms with Crippen LogP contribution in [0.3, 0.4) is 0 Å². The minimum absolute atomic E-state index is 0.000293. The van der Waals surface area contributed by atoms with Gasteiger partial charge in [0, 0.05) is 18.7 Å². The second-order valence-electron chi connectivity index (χ2n) is 3.78. The quantitative estimate of drug-likeness (QED) is 0.729. The molecular weight excluding hydrogens is 204 g/mol. The van der Waals surface area contributed by atoms with Gasteiger partial charge in [-0.2, -0.15) is 0 Å². The SMILES string of the molecule is CNCCOc1ccc2c(c1)C(=O)NCC2. The molecule has 4 heteroatoms. The van der Waals surface area contributed by atoms with E-state index in [2.05, 4.69) is 10.6 Å². The Labute approximate surface area is 95.0 Å². The van der Waals surface area contributed by atoms with Crippen LogP contribution >= 0.6 is 0 Å². The molecule has 0 aliphatic carbocycles. The van der Waals surface area contributed by atoms with Crippen LogP contribution in [0.1, 0.15) is 15.9 Å². The largest absolute Gasteiger partial charge is 0.492 e. The molecule has 0 saturated heterocycles. The van der Waals surface area contributed by atoms with Crippen LogP contribution < -0.4 is 15.4 Å². The Morgan fingerprint density at radius 2 is 2.38 bits per heavy atom. The van der Waals surface area contributed by atoms with Crippen LogP contribution in [0.5, 0.6) is 5.75 Å². The van der Waals surface area contributed by atoms with Crippen molar-refractivity contribution in [2.24, 2.45) is 0 Å². The van der Waals surface area contributed by atoms with Crippen molar-refractivity contribution < 1.29 is 9.53 Å². The van der Waals surface area contributed by atoms with Gasteiger partial charge < -0.3 is 15.4 Å². The summed E-state index contributed by atoms with van der Waals surface area (Å²) >= 11 is 0. The van der Waals surface area contributed by atoms with Crippen LogP contribution in [0.2, 0.25) is 0 Å². The molecule has 1 aromatic carbocycles. The van der Waals surface area contributed by atoms with Gasteiger partial charge in [-0.1, -0.05) is 6.07 Å². The lowest BCUT2D eigenvalue weighted by Gasteiger charge is -2.17. The van der Waals surface area contributed by atoms with E-state index in [1.165, 1.54) is 0 Å². The van der Waals surface area contributed by atoms with Gasteiger partial charge in [0.25, 0.3) is 5.91 Å². The Morgan fingerprint density at radius 3 is 3.19 bits per heavy atom. The fourth-order valence-corrected chi connectivity index (χ4v) is 1.75. The van der Waals surface area contributed by atoms with Gasteiger partial charge >= 0.3 is 0 Å². The van der Waals surface area contributed by atoms with Gasteiger partial charge in [0.1, 0.15) is 12.4 Å². The van der Waals surface area contributed by atoms with E-state index < -0.39 is 0 Å². The molecule has 86 valence electrons. The zero-order valence-electron chi connectivity index (χ0n) is 9.38. The smallest absolute Gasteiger partial charge is 0.251 e. The van der Waals surface area contributed by atoms with Crippen molar-refractivity contribution in [3.63, 3.8) is 0 Å². The minimum atomic E-state index is 0.000293. The number of rotatable bonds is 4. The maximum absolute atomic E-state index is 11.6. The molecule has 0 fully saturated rings. The maximum Gasteiger partial charge on any atom is 0.251 e. The highest BCUT2D eigenvalue weighted by Gasteiger charge is 2.16. The number of ether oxygens (including phenoxy) is 1. The monoisotopic (exact) mass is 220 g/mol. The summed E-state index contributed by atoms with van der Waals surface area (Å²) < 4.78 is 5.52. The molecule has 0 atom stereocenters. The van der Waals surface area contributed by atoms with Gasteiger partial charge in [-0.15, -0.1) is 0 Å². The molecule has 4 nitrogen and oxygen atoms in total. The highest BCUT2D eigenvalue weighted by atomic mass is 16.5. The van der Waals surface area contributed by atoms with E-state index in [1.807, 2.05) is 25.2 Å². The zero-order chi connectivity index (χ0) is 11.4. The molecule has 2 N–H and O–H groups in total. The molecule has 1 amide bonds.